The van der Waals surface area contributed by atoms with Crippen molar-refractivity contribution in [2.75, 3.05) is 19.6 Å². The quantitative estimate of drug-likeness (QED) is 0.750. The molecule has 3 nitrogen and oxygen atoms in total. The Morgan fingerprint density at radius 2 is 2.24 bits per heavy atom. The maximum atomic E-state index is 11.2. The van der Waals surface area contributed by atoms with E-state index in [0.717, 1.165) is 43.7 Å². The van der Waals surface area contributed by atoms with Crippen LogP contribution in [0.4, 0.5) is 0 Å². The minimum Gasteiger partial charge on any atom is -0.369 e. The van der Waals surface area contributed by atoms with Crippen LogP contribution in [-0.4, -0.2) is 30.4 Å². The molecule has 1 saturated carbocycles. The summed E-state index contributed by atoms with van der Waals surface area (Å²) in [6.45, 7) is 3.23. The Bertz CT molecular complexity index is 339. The van der Waals surface area contributed by atoms with E-state index in [1.165, 1.54) is 19.4 Å². The Labute approximate surface area is 103 Å². The summed E-state index contributed by atoms with van der Waals surface area (Å²) in [5, 5.41) is 0. The molecule has 0 spiro atoms. The number of likely N-dealkylation sites (tertiary alicyclic amines) is 1. The number of nitrogens with zero attached hydrogens (tertiary/aromatic N) is 1. The van der Waals surface area contributed by atoms with Gasteiger partial charge in [0, 0.05) is 13.1 Å². The third-order valence-corrected chi connectivity index (χ3v) is 4.82. The average molecular weight is 234 g/mol. The second-order valence-corrected chi connectivity index (χ2v) is 6.04. The molecule has 0 aromatic heterocycles. The van der Waals surface area contributed by atoms with Gasteiger partial charge in [-0.1, -0.05) is 12.2 Å². The number of carbonyl (C=O) groups excluding carboxylic acids is 1. The molecule has 2 fully saturated rings. The molecule has 1 saturated heterocycles. The SMILES string of the molecule is NC(=O)C1CCCN(CC2CC3C=CC2C3)C1. The van der Waals surface area contributed by atoms with Gasteiger partial charge >= 0.3 is 0 Å². The molecule has 4 unspecified atom stereocenters. The van der Waals surface area contributed by atoms with E-state index >= 15 is 0 Å². The number of piperidine rings is 1. The van der Waals surface area contributed by atoms with Crippen molar-refractivity contribution in [3.05, 3.63) is 12.2 Å². The van der Waals surface area contributed by atoms with Gasteiger partial charge in [0.05, 0.1) is 5.92 Å². The lowest BCUT2D eigenvalue weighted by molar-refractivity contribution is -0.123. The van der Waals surface area contributed by atoms with Gasteiger partial charge in [0.25, 0.3) is 0 Å². The summed E-state index contributed by atoms with van der Waals surface area (Å²) in [6, 6.07) is 0. The number of fused-ring (bicyclic) bond motifs is 2. The van der Waals surface area contributed by atoms with Crippen molar-refractivity contribution in [1.29, 1.82) is 0 Å². The van der Waals surface area contributed by atoms with Crippen LogP contribution < -0.4 is 5.73 Å². The highest BCUT2D eigenvalue weighted by molar-refractivity contribution is 5.76. The lowest BCUT2D eigenvalue weighted by atomic mass is 9.91. The van der Waals surface area contributed by atoms with Crippen molar-refractivity contribution in [1.82, 2.24) is 4.90 Å². The van der Waals surface area contributed by atoms with Gasteiger partial charge in [0.15, 0.2) is 0 Å². The van der Waals surface area contributed by atoms with Crippen LogP contribution in [0, 0.1) is 23.7 Å². The van der Waals surface area contributed by atoms with Crippen molar-refractivity contribution < 1.29 is 4.79 Å². The molecular formula is C14H22N2O. The number of rotatable bonds is 3. The molecule has 0 aromatic carbocycles. The van der Waals surface area contributed by atoms with Crippen molar-refractivity contribution in [3.8, 4) is 0 Å². The molecular weight excluding hydrogens is 212 g/mol. The van der Waals surface area contributed by atoms with Crippen LogP contribution in [0.2, 0.25) is 0 Å². The Morgan fingerprint density at radius 1 is 1.35 bits per heavy atom. The van der Waals surface area contributed by atoms with Gasteiger partial charge in [0.2, 0.25) is 5.91 Å². The van der Waals surface area contributed by atoms with Gasteiger partial charge in [-0.15, -0.1) is 0 Å². The molecule has 2 N–H and O–H groups in total. The van der Waals surface area contributed by atoms with Gasteiger partial charge in [-0.25, -0.2) is 0 Å². The number of amides is 1. The van der Waals surface area contributed by atoms with Crippen LogP contribution in [0.5, 0.6) is 0 Å². The lowest BCUT2D eigenvalue weighted by Crippen LogP contribution is -2.43. The van der Waals surface area contributed by atoms with E-state index in [2.05, 4.69) is 17.1 Å². The number of hydrogen-bond acceptors (Lipinski definition) is 2. The smallest absolute Gasteiger partial charge is 0.221 e. The Morgan fingerprint density at radius 3 is 2.88 bits per heavy atom. The predicted octanol–water partition coefficient (Wildman–Crippen LogP) is 1.40. The highest BCUT2D eigenvalue weighted by Crippen LogP contribution is 2.43. The summed E-state index contributed by atoms with van der Waals surface area (Å²) in [6.07, 6.45) is 9.65. The van der Waals surface area contributed by atoms with Crippen LogP contribution in [0.15, 0.2) is 12.2 Å². The molecule has 3 heteroatoms. The van der Waals surface area contributed by atoms with E-state index in [0.29, 0.717) is 0 Å². The van der Waals surface area contributed by atoms with Gasteiger partial charge in [-0.3, -0.25) is 4.79 Å². The molecule has 94 valence electrons. The van der Waals surface area contributed by atoms with Crippen molar-refractivity contribution in [2.24, 2.45) is 29.4 Å². The van der Waals surface area contributed by atoms with Crippen LogP contribution in [0.3, 0.4) is 0 Å². The molecule has 1 heterocycles. The van der Waals surface area contributed by atoms with Crippen molar-refractivity contribution in [3.63, 3.8) is 0 Å². The van der Waals surface area contributed by atoms with E-state index < -0.39 is 0 Å². The fourth-order valence-electron chi connectivity index (χ4n) is 3.89. The molecule has 3 aliphatic rings. The van der Waals surface area contributed by atoms with Crippen molar-refractivity contribution >= 4 is 5.91 Å². The van der Waals surface area contributed by atoms with Crippen LogP contribution in [-0.2, 0) is 4.79 Å². The number of primary amides is 1. The zero-order chi connectivity index (χ0) is 11.8. The first-order chi connectivity index (χ1) is 8.22. The standard InChI is InChI=1S/C14H22N2O/c15-14(17)12-2-1-5-16(8-12)9-13-7-10-3-4-11(13)6-10/h3-4,10-13H,1-2,5-9H2,(H2,15,17). The van der Waals surface area contributed by atoms with E-state index in [4.69, 9.17) is 5.73 Å². The Hall–Kier alpha value is -0.830. The summed E-state index contributed by atoms with van der Waals surface area (Å²) in [4.78, 5) is 13.7. The van der Waals surface area contributed by atoms with Gasteiger partial charge in [-0.2, -0.15) is 0 Å². The molecule has 2 bridgehead atoms. The maximum absolute atomic E-state index is 11.2. The van der Waals surface area contributed by atoms with Gasteiger partial charge in [-0.05, 0) is 50.0 Å². The maximum Gasteiger partial charge on any atom is 0.221 e. The topological polar surface area (TPSA) is 46.3 Å². The fourth-order valence-corrected chi connectivity index (χ4v) is 3.89. The number of allylic oxidation sites excluding steroid dienone is 2. The third-order valence-electron chi connectivity index (χ3n) is 4.82. The van der Waals surface area contributed by atoms with Crippen LogP contribution >= 0.6 is 0 Å². The Kier molecular flexibility index (Phi) is 2.95. The summed E-state index contributed by atoms with van der Waals surface area (Å²) >= 11 is 0. The summed E-state index contributed by atoms with van der Waals surface area (Å²) in [7, 11) is 0. The average Bonchev–Trinajstić information content (AvgIpc) is 2.91. The number of hydrogen-bond donors (Lipinski definition) is 1. The zero-order valence-corrected chi connectivity index (χ0v) is 10.3. The Balaban J connectivity index is 1.55. The number of carbonyl (C=O) groups is 1. The second-order valence-electron chi connectivity index (χ2n) is 6.04. The monoisotopic (exact) mass is 234 g/mol. The lowest BCUT2D eigenvalue weighted by Gasteiger charge is -2.34. The summed E-state index contributed by atoms with van der Waals surface area (Å²) < 4.78 is 0. The fraction of sp³-hybridized carbons (Fsp3) is 0.786. The molecule has 1 amide bonds. The molecule has 17 heavy (non-hydrogen) atoms. The zero-order valence-electron chi connectivity index (χ0n) is 10.3. The summed E-state index contributed by atoms with van der Waals surface area (Å²) in [5.41, 5.74) is 5.42. The van der Waals surface area contributed by atoms with Crippen LogP contribution in [0.25, 0.3) is 0 Å². The van der Waals surface area contributed by atoms with Crippen LogP contribution in [0.1, 0.15) is 25.7 Å². The summed E-state index contributed by atoms with van der Waals surface area (Å²) in [5.74, 6) is 2.48. The minimum absolute atomic E-state index is 0.0953. The predicted molar refractivity (Wildman–Crippen MR) is 67.2 cm³/mol. The third kappa shape index (κ3) is 2.25. The first-order valence-electron chi connectivity index (χ1n) is 6.92. The molecule has 0 radical (unpaired) electrons. The van der Waals surface area contributed by atoms with E-state index in [9.17, 15) is 4.79 Å². The first kappa shape index (κ1) is 11.3. The normalized spacial score (nSPS) is 40.9. The second kappa shape index (κ2) is 4.45. The molecule has 2 aliphatic carbocycles. The molecule has 4 atom stereocenters. The van der Waals surface area contributed by atoms with E-state index in [1.807, 2.05) is 0 Å². The largest absolute Gasteiger partial charge is 0.369 e. The van der Waals surface area contributed by atoms with E-state index in [1.54, 1.807) is 0 Å². The first-order valence-corrected chi connectivity index (χ1v) is 6.92. The highest BCUT2D eigenvalue weighted by atomic mass is 16.1. The van der Waals surface area contributed by atoms with Gasteiger partial charge in [0.1, 0.15) is 0 Å². The van der Waals surface area contributed by atoms with Gasteiger partial charge < -0.3 is 10.6 Å². The molecule has 3 rings (SSSR count). The van der Waals surface area contributed by atoms with E-state index in [-0.39, 0.29) is 11.8 Å². The highest BCUT2D eigenvalue weighted by Gasteiger charge is 2.37. The molecule has 1 aliphatic heterocycles. The molecule has 0 aromatic rings. The number of nitrogens with two attached hydrogens (primary N) is 1. The van der Waals surface area contributed by atoms with Crippen molar-refractivity contribution in [2.45, 2.75) is 25.7 Å². The minimum atomic E-state index is -0.109.